The quantitative estimate of drug-likeness (QED) is 0.722. The highest BCUT2D eigenvalue weighted by Gasteiger charge is 2.09. The van der Waals surface area contributed by atoms with Gasteiger partial charge in [0.25, 0.3) is 0 Å². The SMILES string of the molecule is Oc1ccc2c(ccn2Cc2ccc(OCCN3CCCCC3)cc2)c1. The molecule has 4 rings (SSSR count). The molecule has 0 saturated carbocycles. The summed E-state index contributed by atoms with van der Waals surface area (Å²) in [6, 6.07) is 15.9. The highest BCUT2D eigenvalue weighted by atomic mass is 16.5. The highest BCUT2D eigenvalue weighted by Crippen LogP contribution is 2.22. The third kappa shape index (κ3) is 4.02. The minimum atomic E-state index is 0.307. The molecule has 1 saturated heterocycles. The van der Waals surface area contributed by atoms with Gasteiger partial charge in [0.2, 0.25) is 0 Å². The number of benzene rings is 2. The van der Waals surface area contributed by atoms with Crippen LogP contribution in [0.2, 0.25) is 0 Å². The molecule has 1 N–H and O–H groups in total. The zero-order valence-corrected chi connectivity index (χ0v) is 15.1. The maximum atomic E-state index is 9.59. The van der Waals surface area contributed by atoms with Crippen molar-refractivity contribution in [2.45, 2.75) is 25.8 Å². The molecule has 2 aromatic carbocycles. The molecule has 1 fully saturated rings. The second-order valence-electron chi connectivity index (χ2n) is 7.08. The number of hydrogen-bond donors (Lipinski definition) is 1. The van der Waals surface area contributed by atoms with Crippen molar-refractivity contribution in [2.75, 3.05) is 26.2 Å². The Labute approximate surface area is 154 Å². The molecule has 0 unspecified atom stereocenters. The first-order chi connectivity index (χ1) is 12.8. The molecule has 0 radical (unpaired) electrons. The first-order valence-corrected chi connectivity index (χ1v) is 9.50. The van der Waals surface area contributed by atoms with Crippen molar-refractivity contribution >= 4 is 10.9 Å². The van der Waals surface area contributed by atoms with E-state index in [1.807, 2.05) is 12.1 Å². The van der Waals surface area contributed by atoms with E-state index in [2.05, 4.69) is 39.9 Å². The Morgan fingerprint density at radius 2 is 1.73 bits per heavy atom. The van der Waals surface area contributed by atoms with Gasteiger partial charge < -0.3 is 14.4 Å². The number of piperidine rings is 1. The van der Waals surface area contributed by atoms with Crippen LogP contribution in [0.25, 0.3) is 10.9 Å². The summed E-state index contributed by atoms with van der Waals surface area (Å²) in [5.74, 6) is 1.24. The van der Waals surface area contributed by atoms with Gasteiger partial charge in [-0.2, -0.15) is 0 Å². The number of phenols is 1. The molecule has 0 aliphatic carbocycles. The van der Waals surface area contributed by atoms with E-state index in [-0.39, 0.29) is 0 Å². The molecule has 0 amide bonds. The van der Waals surface area contributed by atoms with E-state index < -0.39 is 0 Å². The number of likely N-dealkylation sites (tertiary alicyclic amines) is 1. The number of phenolic OH excluding ortho intramolecular Hbond substituents is 1. The topological polar surface area (TPSA) is 37.6 Å². The summed E-state index contributed by atoms with van der Waals surface area (Å²) in [6.45, 7) is 5.01. The lowest BCUT2D eigenvalue weighted by Crippen LogP contribution is -2.33. The fourth-order valence-corrected chi connectivity index (χ4v) is 3.69. The minimum absolute atomic E-state index is 0.307. The summed E-state index contributed by atoms with van der Waals surface area (Å²) in [6.07, 6.45) is 6.08. The molecular weight excluding hydrogens is 324 g/mol. The molecule has 136 valence electrons. The van der Waals surface area contributed by atoms with Crippen molar-refractivity contribution in [3.63, 3.8) is 0 Å². The number of ether oxygens (including phenoxy) is 1. The first kappa shape index (κ1) is 17.0. The predicted octanol–water partition coefficient (Wildman–Crippen LogP) is 4.26. The summed E-state index contributed by atoms with van der Waals surface area (Å²) in [5.41, 5.74) is 2.36. The van der Waals surface area contributed by atoms with Gasteiger partial charge >= 0.3 is 0 Å². The molecule has 0 atom stereocenters. The van der Waals surface area contributed by atoms with Crippen LogP contribution in [0.1, 0.15) is 24.8 Å². The maximum absolute atomic E-state index is 9.59. The summed E-state index contributed by atoms with van der Waals surface area (Å²) in [5, 5.41) is 10.6. The fraction of sp³-hybridized carbons (Fsp3) is 0.364. The highest BCUT2D eigenvalue weighted by molar-refractivity contribution is 5.81. The lowest BCUT2D eigenvalue weighted by atomic mass is 10.1. The van der Waals surface area contributed by atoms with Crippen molar-refractivity contribution in [2.24, 2.45) is 0 Å². The van der Waals surface area contributed by atoms with Gasteiger partial charge in [0.05, 0.1) is 0 Å². The van der Waals surface area contributed by atoms with Crippen molar-refractivity contribution in [1.29, 1.82) is 0 Å². The van der Waals surface area contributed by atoms with E-state index in [1.165, 1.54) is 37.9 Å². The monoisotopic (exact) mass is 350 g/mol. The van der Waals surface area contributed by atoms with Gasteiger partial charge in [-0.1, -0.05) is 18.6 Å². The lowest BCUT2D eigenvalue weighted by Gasteiger charge is -2.26. The first-order valence-electron chi connectivity index (χ1n) is 9.50. The molecule has 2 heterocycles. The summed E-state index contributed by atoms with van der Waals surface area (Å²) in [4.78, 5) is 2.49. The zero-order chi connectivity index (χ0) is 17.8. The molecular formula is C22H26N2O2. The molecule has 1 aromatic heterocycles. The van der Waals surface area contributed by atoms with Gasteiger partial charge in [0, 0.05) is 30.2 Å². The maximum Gasteiger partial charge on any atom is 0.119 e. The van der Waals surface area contributed by atoms with E-state index in [0.29, 0.717) is 5.75 Å². The Hall–Kier alpha value is -2.46. The van der Waals surface area contributed by atoms with E-state index in [4.69, 9.17) is 4.74 Å². The molecule has 26 heavy (non-hydrogen) atoms. The number of rotatable bonds is 6. The molecule has 4 nitrogen and oxygen atoms in total. The van der Waals surface area contributed by atoms with E-state index in [0.717, 1.165) is 36.3 Å². The Kier molecular flexibility index (Phi) is 5.12. The number of aromatic hydroxyl groups is 1. The largest absolute Gasteiger partial charge is 0.508 e. The third-order valence-electron chi connectivity index (χ3n) is 5.16. The summed E-state index contributed by atoms with van der Waals surface area (Å²) >= 11 is 0. The number of fused-ring (bicyclic) bond motifs is 1. The lowest BCUT2D eigenvalue weighted by molar-refractivity contribution is 0.183. The number of nitrogens with zero attached hydrogens (tertiary/aromatic N) is 2. The van der Waals surface area contributed by atoms with Crippen LogP contribution < -0.4 is 4.74 Å². The van der Waals surface area contributed by atoms with Crippen molar-refractivity contribution in [1.82, 2.24) is 9.47 Å². The van der Waals surface area contributed by atoms with Gasteiger partial charge in [-0.15, -0.1) is 0 Å². The molecule has 0 spiro atoms. The standard InChI is InChI=1S/C22H26N2O2/c25-20-6-9-22-19(16-20)10-13-24(22)17-18-4-7-21(8-5-18)26-15-14-23-11-2-1-3-12-23/h4-10,13,16,25H,1-3,11-12,14-15,17H2. The number of aromatic nitrogens is 1. The number of hydrogen-bond acceptors (Lipinski definition) is 3. The van der Waals surface area contributed by atoms with Crippen molar-refractivity contribution in [3.05, 3.63) is 60.3 Å². The Morgan fingerprint density at radius 3 is 2.54 bits per heavy atom. The molecule has 4 heteroatoms. The van der Waals surface area contributed by atoms with Crippen LogP contribution in [0.5, 0.6) is 11.5 Å². The Balaban J connectivity index is 1.33. The van der Waals surface area contributed by atoms with Crippen LogP contribution in [0.15, 0.2) is 54.7 Å². The van der Waals surface area contributed by atoms with Crippen molar-refractivity contribution in [3.8, 4) is 11.5 Å². The third-order valence-corrected chi connectivity index (χ3v) is 5.16. The molecule has 1 aliphatic heterocycles. The van der Waals surface area contributed by atoms with Crippen molar-refractivity contribution < 1.29 is 9.84 Å². The van der Waals surface area contributed by atoms with Crippen LogP contribution in [-0.4, -0.2) is 40.8 Å². The second kappa shape index (κ2) is 7.83. The molecule has 0 bridgehead atoms. The van der Waals surface area contributed by atoms with E-state index in [9.17, 15) is 5.11 Å². The van der Waals surface area contributed by atoms with E-state index >= 15 is 0 Å². The molecule has 3 aromatic rings. The van der Waals surface area contributed by atoms with Gasteiger partial charge in [0.15, 0.2) is 0 Å². The van der Waals surface area contributed by atoms with Crippen LogP contribution in [0.3, 0.4) is 0 Å². The Bertz CT molecular complexity index is 848. The molecule has 1 aliphatic rings. The van der Waals surface area contributed by atoms with Gasteiger partial charge in [0.1, 0.15) is 18.1 Å². The van der Waals surface area contributed by atoms with Gasteiger partial charge in [-0.25, -0.2) is 0 Å². The van der Waals surface area contributed by atoms with Gasteiger partial charge in [-0.05, 0) is 67.9 Å². The van der Waals surface area contributed by atoms with Gasteiger partial charge in [-0.3, -0.25) is 4.90 Å². The Morgan fingerprint density at radius 1 is 0.923 bits per heavy atom. The fourth-order valence-electron chi connectivity index (χ4n) is 3.69. The predicted molar refractivity (Wildman–Crippen MR) is 105 cm³/mol. The smallest absolute Gasteiger partial charge is 0.119 e. The minimum Gasteiger partial charge on any atom is -0.508 e. The van der Waals surface area contributed by atoms with Crippen LogP contribution in [0, 0.1) is 0 Å². The summed E-state index contributed by atoms with van der Waals surface area (Å²) < 4.78 is 8.10. The van der Waals surface area contributed by atoms with Crippen LogP contribution in [-0.2, 0) is 6.54 Å². The average molecular weight is 350 g/mol. The van der Waals surface area contributed by atoms with Crippen LogP contribution in [0.4, 0.5) is 0 Å². The normalized spacial score (nSPS) is 15.4. The second-order valence-corrected chi connectivity index (χ2v) is 7.08. The zero-order valence-electron chi connectivity index (χ0n) is 15.1. The van der Waals surface area contributed by atoms with E-state index in [1.54, 1.807) is 12.1 Å². The summed E-state index contributed by atoms with van der Waals surface area (Å²) in [7, 11) is 0. The average Bonchev–Trinajstić information content (AvgIpc) is 3.06. The van der Waals surface area contributed by atoms with Crippen LogP contribution >= 0.6 is 0 Å².